The average molecular weight is 290 g/mol. The molecule has 104 valence electrons. The Hall–Kier alpha value is -2.22. The number of carbonyl (C=O) groups excluding carboxylic acids is 1. The quantitative estimate of drug-likeness (QED) is 0.817. The summed E-state index contributed by atoms with van der Waals surface area (Å²) in [5.74, 6) is 0.476. The molecule has 0 aliphatic rings. The largest absolute Gasteiger partial charge is 0.368 e. The van der Waals surface area contributed by atoms with Crippen molar-refractivity contribution in [2.24, 2.45) is 0 Å². The zero-order chi connectivity index (χ0) is 14.5. The van der Waals surface area contributed by atoms with Crippen LogP contribution < -0.4 is 11.1 Å². The molecule has 2 aromatic rings. The highest BCUT2D eigenvalue weighted by molar-refractivity contribution is 8.00. The monoisotopic (exact) mass is 290 g/mol. The third-order valence-corrected chi connectivity index (χ3v) is 3.36. The van der Waals surface area contributed by atoms with Crippen LogP contribution in [0.1, 0.15) is 12.5 Å². The van der Waals surface area contributed by atoms with Crippen LogP contribution in [0.25, 0.3) is 0 Å². The van der Waals surface area contributed by atoms with Crippen molar-refractivity contribution in [1.29, 1.82) is 0 Å². The van der Waals surface area contributed by atoms with Crippen LogP contribution in [0.2, 0.25) is 0 Å². The van der Waals surface area contributed by atoms with E-state index < -0.39 is 0 Å². The summed E-state index contributed by atoms with van der Waals surface area (Å²) in [5, 5.41) is 2.77. The number of aryl methyl sites for hydroxylation is 1. The molecular weight excluding hydrogens is 276 g/mol. The molecule has 0 spiro atoms. The van der Waals surface area contributed by atoms with Crippen LogP contribution in [0, 0.1) is 6.92 Å². The summed E-state index contributed by atoms with van der Waals surface area (Å²) in [5.41, 5.74) is 6.50. The van der Waals surface area contributed by atoms with E-state index in [9.17, 15) is 4.79 Å². The Labute approximate surface area is 120 Å². The standard InChI is InChI=1S/C12H14N6OS/c1-7-3-4-9(14-5-7)17-10(19)8(2)20-12-16-6-15-11(13)18-12/h3-6,8H,1-2H3,(H,14,17,19)(H2,13,15,16,18). The number of nitrogens with zero attached hydrogens (tertiary/aromatic N) is 4. The van der Waals surface area contributed by atoms with Gasteiger partial charge in [0.25, 0.3) is 0 Å². The number of rotatable bonds is 4. The Kier molecular flexibility index (Phi) is 4.46. The molecule has 0 aliphatic heterocycles. The number of nitrogens with two attached hydrogens (primary N) is 1. The number of amides is 1. The van der Waals surface area contributed by atoms with E-state index in [0.29, 0.717) is 11.0 Å². The molecule has 0 radical (unpaired) electrons. The molecule has 0 fully saturated rings. The number of anilines is 2. The van der Waals surface area contributed by atoms with Crippen molar-refractivity contribution in [2.75, 3.05) is 11.1 Å². The van der Waals surface area contributed by atoms with E-state index in [2.05, 4.69) is 25.3 Å². The van der Waals surface area contributed by atoms with Crippen molar-refractivity contribution in [1.82, 2.24) is 19.9 Å². The number of nitrogens with one attached hydrogen (secondary N) is 1. The maximum absolute atomic E-state index is 12.0. The van der Waals surface area contributed by atoms with Gasteiger partial charge in [0.2, 0.25) is 11.9 Å². The van der Waals surface area contributed by atoms with E-state index in [1.165, 1.54) is 18.1 Å². The first-order valence-corrected chi connectivity index (χ1v) is 6.77. The number of hydrogen-bond acceptors (Lipinski definition) is 7. The summed E-state index contributed by atoms with van der Waals surface area (Å²) in [4.78, 5) is 27.7. The predicted octanol–water partition coefficient (Wildman–Crippen LogP) is 1.28. The minimum absolute atomic E-state index is 0.135. The number of nitrogen functional groups attached to an aromatic ring is 1. The Balaban J connectivity index is 1.96. The lowest BCUT2D eigenvalue weighted by molar-refractivity contribution is -0.115. The van der Waals surface area contributed by atoms with Gasteiger partial charge in [-0.05, 0) is 25.5 Å². The SMILES string of the molecule is Cc1ccc(NC(=O)C(C)Sc2ncnc(N)n2)nc1. The van der Waals surface area contributed by atoms with Crippen LogP contribution in [0.5, 0.6) is 0 Å². The Morgan fingerprint density at radius 1 is 1.35 bits per heavy atom. The highest BCUT2D eigenvalue weighted by Crippen LogP contribution is 2.20. The fourth-order valence-electron chi connectivity index (χ4n) is 1.33. The van der Waals surface area contributed by atoms with Gasteiger partial charge in [-0.2, -0.15) is 4.98 Å². The molecule has 7 nitrogen and oxygen atoms in total. The summed E-state index contributed by atoms with van der Waals surface area (Å²) in [7, 11) is 0. The van der Waals surface area contributed by atoms with Gasteiger partial charge in [0.05, 0.1) is 5.25 Å². The topological polar surface area (TPSA) is 107 Å². The van der Waals surface area contributed by atoms with Crippen molar-refractivity contribution in [3.05, 3.63) is 30.2 Å². The first-order valence-electron chi connectivity index (χ1n) is 5.89. The molecule has 2 heterocycles. The van der Waals surface area contributed by atoms with Gasteiger partial charge in [0.15, 0.2) is 5.16 Å². The van der Waals surface area contributed by atoms with Gasteiger partial charge >= 0.3 is 0 Å². The third kappa shape index (κ3) is 3.89. The lowest BCUT2D eigenvalue weighted by atomic mass is 10.3. The Morgan fingerprint density at radius 3 is 2.80 bits per heavy atom. The number of pyridine rings is 1. The summed E-state index contributed by atoms with van der Waals surface area (Å²) < 4.78 is 0. The molecule has 1 atom stereocenters. The van der Waals surface area contributed by atoms with E-state index in [1.54, 1.807) is 19.2 Å². The van der Waals surface area contributed by atoms with Gasteiger partial charge in [-0.25, -0.2) is 15.0 Å². The zero-order valence-electron chi connectivity index (χ0n) is 11.1. The van der Waals surface area contributed by atoms with Crippen molar-refractivity contribution >= 4 is 29.4 Å². The second kappa shape index (κ2) is 6.29. The zero-order valence-corrected chi connectivity index (χ0v) is 11.9. The number of carbonyl (C=O) groups is 1. The predicted molar refractivity (Wildman–Crippen MR) is 77.2 cm³/mol. The normalized spacial score (nSPS) is 11.9. The van der Waals surface area contributed by atoms with Crippen molar-refractivity contribution in [3.8, 4) is 0 Å². The minimum atomic E-state index is -0.375. The van der Waals surface area contributed by atoms with Crippen LogP contribution in [0.3, 0.4) is 0 Å². The second-order valence-corrected chi connectivity index (χ2v) is 5.40. The summed E-state index contributed by atoms with van der Waals surface area (Å²) in [6.07, 6.45) is 3.01. The number of thioether (sulfide) groups is 1. The van der Waals surface area contributed by atoms with Gasteiger partial charge in [-0.3, -0.25) is 4.79 Å². The summed E-state index contributed by atoms with van der Waals surface area (Å²) >= 11 is 1.21. The molecule has 0 saturated carbocycles. The highest BCUT2D eigenvalue weighted by Gasteiger charge is 2.16. The van der Waals surface area contributed by atoms with Gasteiger partial charge < -0.3 is 11.1 Å². The molecule has 2 rings (SSSR count). The van der Waals surface area contributed by atoms with Crippen molar-refractivity contribution in [3.63, 3.8) is 0 Å². The summed E-state index contributed by atoms with van der Waals surface area (Å²) in [6, 6.07) is 3.64. The molecule has 0 aliphatic carbocycles. The van der Waals surface area contributed by atoms with Crippen molar-refractivity contribution in [2.45, 2.75) is 24.3 Å². The highest BCUT2D eigenvalue weighted by atomic mass is 32.2. The fraction of sp³-hybridized carbons (Fsp3) is 0.250. The van der Waals surface area contributed by atoms with E-state index in [4.69, 9.17) is 5.73 Å². The second-order valence-electron chi connectivity index (χ2n) is 4.10. The van der Waals surface area contributed by atoms with E-state index in [1.807, 2.05) is 13.0 Å². The van der Waals surface area contributed by atoms with Gasteiger partial charge in [-0.15, -0.1) is 0 Å². The molecule has 8 heteroatoms. The first-order chi connectivity index (χ1) is 9.54. The van der Waals surface area contributed by atoms with Gasteiger partial charge in [0, 0.05) is 6.20 Å². The van der Waals surface area contributed by atoms with E-state index >= 15 is 0 Å². The molecule has 0 bridgehead atoms. The van der Waals surface area contributed by atoms with Gasteiger partial charge in [0.1, 0.15) is 12.1 Å². The molecular formula is C12H14N6OS. The molecule has 0 saturated heterocycles. The lowest BCUT2D eigenvalue weighted by Gasteiger charge is -2.10. The van der Waals surface area contributed by atoms with Gasteiger partial charge in [-0.1, -0.05) is 17.8 Å². The molecule has 3 N–H and O–H groups in total. The Morgan fingerprint density at radius 2 is 2.15 bits per heavy atom. The maximum atomic E-state index is 12.0. The molecule has 1 unspecified atom stereocenters. The molecule has 0 aromatic carbocycles. The van der Waals surface area contributed by atoms with Crippen LogP contribution in [0.4, 0.5) is 11.8 Å². The molecule has 2 aromatic heterocycles. The van der Waals surface area contributed by atoms with Crippen LogP contribution >= 0.6 is 11.8 Å². The maximum Gasteiger partial charge on any atom is 0.238 e. The van der Waals surface area contributed by atoms with E-state index in [-0.39, 0.29) is 17.1 Å². The lowest BCUT2D eigenvalue weighted by Crippen LogP contribution is -2.23. The van der Waals surface area contributed by atoms with E-state index in [0.717, 1.165) is 5.56 Å². The van der Waals surface area contributed by atoms with Crippen LogP contribution in [-0.2, 0) is 4.79 Å². The van der Waals surface area contributed by atoms with Crippen molar-refractivity contribution < 1.29 is 4.79 Å². The molecule has 1 amide bonds. The van der Waals surface area contributed by atoms with Crippen LogP contribution in [0.15, 0.2) is 29.8 Å². The fourth-order valence-corrected chi connectivity index (χ4v) is 2.07. The third-order valence-electron chi connectivity index (χ3n) is 2.38. The smallest absolute Gasteiger partial charge is 0.238 e. The molecule has 20 heavy (non-hydrogen) atoms. The number of aromatic nitrogens is 4. The Bertz CT molecular complexity index is 603. The summed E-state index contributed by atoms with van der Waals surface area (Å²) in [6.45, 7) is 3.69. The first kappa shape index (κ1) is 14.2. The average Bonchev–Trinajstić information content (AvgIpc) is 2.41. The number of hydrogen-bond donors (Lipinski definition) is 2. The van der Waals surface area contributed by atoms with Crippen LogP contribution in [-0.4, -0.2) is 31.1 Å². The minimum Gasteiger partial charge on any atom is -0.368 e.